The van der Waals surface area contributed by atoms with Crippen molar-refractivity contribution in [2.24, 2.45) is 0 Å². The van der Waals surface area contributed by atoms with Gasteiger partial charge in [-0.25, -0.2) is 4.98 Å². The normalized spacial score (nSPS) is 12.1. The van der Waals surface area contributed by atoms with Crippen LogP contribution in [-0.2, 0) is 4.79 Å². The zero-order valence-electron chi connectivity index (χ0n) is 19.0. The molecule has 0 aliphatic carbocycles. The first-order chi connectivity index (χ1) is 16.5. The molecule has 0 radical (unpaired) electrons. The SMILES string of the molecule is COc1ccc([C@@H](C)NC(=O)/C(C#N)=C/c2c[nH]c3ncc(-c4cccnc4)cc23)cc1OC. The third kappa shape index (κ3) is 4.59. The van der Waals surface area contributed by atoms with Gasteiger partial charge in [-0.3, -0.25) is 9.78 Å². The number of nitrogens with one attached hydrogen (secondary N) is 2. The lowest BCUT2D eigenvalue weighted by molar-refractivity contribution is -0.117. The van der Waals surface area contributed by atoms with Gasteiger partial charge in [-0.05, 0) is 42.8 Å². The number of nitrogens with zero attached hydrogens (tertiary/aromatic N) is 3. The fourth-order valence-electron chi connectivity index (χ4n) is 3.62. The maximum Gasteiger partial charge on any atom is 0.262 e. The molecule has 2 N–H and O–H groups in total. The molecule has 4 aromatic rings. The van der Waals surface area contributed by atoms with Gasteiger partial charge in [0.2, 0.25) is 0 Å². The lowest BCUT2D eigenvalue weighted by Crippen LogP contribution is -2.27. The van der Waals surface area contributed by atoms with Gasteiger partial charge >= 0.3 is 0 Å². The van der Waals surface area contributed by atoms with E-state index in [-0.39, 0.29) is 11.6 Å². The van der Waals surface area contributed by atoms with Crippen molar-refractivity contribution in [3.63, 3.8) is 0 Å². The number of carbonyl (C=O) groups is 1. The van der Waals surface area contributed by atoms with Crippen LogP contribution in [0.25, 0.3) is 28.2 Å². The largest absolute Gasteiger partial charge is 0.493 e. The van der Waals surface area contributed by atoms with Crippen molar-refractivity contribution in [3.8, 4) is 28.7 Å². The van der Waals surface area contributed by atoms with Crippen LogP contribution >= 0.6 is 0 Å². The predicted octanol–water partition coefficient (Wildman–Crippen LogP) is 4.43. The van der Waals surface area contributed by atoms with Gasteiger partial charge in [0, 0.05) is 46.9 Å². The molecule has 8 nitrogen and oxygen atoms in total. The molecular formula is C26H23N5O3. The molecule has 0 aliphatic rings. The van der Waals surface area contributed by atoms with Crippen LogP contribution in [0.1, 0.15) is 24.1 Å². The Bertz CT molecular complexity index is 1400. The van der Waals surface area contributed by atoms with Crippen LogP contribution in [0.3, 0.4) is 0 Å². The van der Waals surface area contributed by atoms with Crippen molar-refractivity contribution in [1.82, 2.24) is 20.3 Å². The Morgan fingerprint density at radius 2 is 1.97 bits per heavy atom. The van der Waals surface area contributed by atoms with E-state index in [2.05, 4.69) is 20.3 Å². The molecule has 170 valence electrons. The lowest BCUT2D eigenvalue weighted by Gasteiger charge is -2.16. The summed E-state index contributed by atoms with van der Waals surface area (Å²) >= 11 is 0. The Morgan fingerprint density at radius 1 is 1.15 bits per heavy atom. The molecule has 1 atom stereocenters. The van der Waals surface area contributed by atoms with E-state index in [9.17, 15) is 10.1 Å². The molecule has 0 spiro atoms. The van der Waals surface area contributed by atoms with E-state index in [0.717, 1.165) is 22.1 Å². The second-order valence-electron chi connectivity index (χ2n) is 7.59. The quantitative estimate of drug-likeness (QED) is 0.316. The molecule has 3 aromatic heterocycles. The van der Waals surface area contributed by atoms with Crippen LogP contribution in [0.15, 0.2) is 66.8 Å². The van der Waals surface area contributed by atoms with Crippen LogP contribution in [0.4, 0.5) is 0 Å². The van der Waals surface area contributed by atoms with E-state index in [1.165, 1.54) is 0 Å². The number of pyridine rings is 2. The Hall–Kier alpha value is -4.64. The molecular weight excluding hydrogens is 430 g/mol. The van der Waals surface area contributed by atoms with Crippen LogP contribution in [0.2, 0.25) is 0 Å². The fourth-order valence-corrected chi connectivity index (χ4v) is 3.62. The third-order valence-corrected chi connectivity index (χ3v) is 5.48. The summed E-state index contributed by atoms with van der Waals surface area (Å²) in [5.74, 6) is 0.685. The highest BCUT2D eigenvalue weighted by molar-refractivity contribution is 6.04. The number of benzene rings is 1. The highest BCUT2D eigenvalue weighted by Gasteiger charge is 2.17. The molecule has 3 heterocycles. The average molecular weight is 454 g/mol. The summed E-state index contributed by atoms with van der Waals surface area (Å²) in [4.78, 5) is 24.6. The molecule has 0 bridgehead atoms. The first-order valence-corrected chi connectivity index (χ1v) is 10.6. The van der Waals surface area contributed by atoms with Crippen LogP contribution in [0, 0.1) is 11.3 Å². The zero-order valence-corrected chi connectivity index (χ0v) is 19.0. The predicted molar refractivity (Wildman–Crippen MR) is 129 cm³/mol. The maximum atomic E-state index is 12.9. The van der Waals surface area contributed by atoms with E-state index in [4.69, 9.17) is 9.47 Å². The highest BCUT2D eigenvalue weighted by Crippen LogP contribution is 2.30. The number of aromatic amines is 1. The van der Waals surface area contributed by atoms with Crippen molar-refractivity contribution >= 4 is 23.0 Å². The first kappa shape index (κ1) is 22.6. The van der Waals surface area contributed by atoms with Gasteiger partial charge in [0.1, 0.15) is 17.3 Å². The number of H-pyrrole nitrogens is 1. The first-order valence-electron chi connectivity index (χ1n) is 10.6. The maximum absolute atomic E-state index is 12.9. The molecule has 8 heteroatoms. The van der Waals surface area contributed by atoms with Gasteiger partial charge in [-0.1, -0.05) is 12.1 Å². The summed E-state index contributed by atoms with van der Waals surface area (Å²) in [5, 5.41) is 13.4. The minimum Gasteiger partial charge on any atom is -0.493 e. The van der Waals surface area contributed by atoms with Crippen molar-refractivity contribution in [2.75, 3.05) is 14.2 Å². The Morgan fingerprint density at radius 3 is 2.68 bits per heavy atom. The monoisotopic (exact) mass is 453 g/mol. The molecule has 1 amide bonds. The number of methoxy groups -OCH3 is 2. The number of hydrogen-bond donors (Lipinski definition) is 2. The number of aromatic nitrogens is 3. The molecule has 4 rings (SSSR count). The minimum absolute atomic E-state index is 0.0139. The van der Waals surface area contributed by atoms with E-state index in [1.807, 2.05) is 37.3 Å². The fraction of sp³-hybridized carbons (Fsp3) is 0.154. The van der Waals surface area contributed by atoms with Gasteiger partial charge in [0.05, 0.1) is 20.3 Å². The van der Waals surface area contributed by atoms with Crippen molar-refractivity contribution in [2.45, 2.75) is 13.0 Å². The Labute approximate surface area is 196 Å². The summed E-state index contributed by atoms with van der Waals surface area (Å²) < 4.78 is 10.6. The summed E-state index contributed by atoms with van der Waals surface area (Å²) in [7, 11) is 3.11. The van der Waals surface area contributed by atoms with Crippen molar-refractivity contribution in [1.29, 1.82) is 5.26 Å². The van der Waals surface area contributed by atoms with E-state index >= 15 is 0 Å². The summed E-state index contributed by atoms with van der Waals surface area (Å²) in [5.41, 5.74) is 3.98. The lowest BCUT2D eigenvalue weighted by atomic mass is 10.1. The summed E-state index contributed by atoms with van der Waals surface area (Å²) in [6, 6.07) is 12.8. The van der Waals surface area contributed by atoms with E-state index in [0.29, 0.717) is 22.7 Å². The number of carbonyl (C=O) groups excluding carboxylic acids is 1. The van der Waals surface area contributed by atoms with Gasteiger partial charge in [0.25, 0.3) is 5.91 Å². The Kier molecular flexibility index (Phi) is 6.55. The van der Waals surface area contributed by atoms with E-state index in [1.54, 1.807) is 57.2 Å². The third-order valence-electron chi connectivity index (χ3n) is 5.48. The molecule has 0 saturated heterocycles. The van der Waals surface area contributed by atoms with Crippen LogP contribution in [0.5, 0.6) is 11.5 Å². The van der Waals surface area contributed by atoms with Crippen LogP contribution < -0.4 is 14.8 Å². The molecule has 0 unspecified atom stereocenters. The van der Waals surface area contributed by atoms with Gasteiger partial charge in [0.15, 0.2) is 11.5 Å². The number of rotatable bonds is 7. The Balaban J connectivity index is 1.59. The number of ether oxygens (including phenoxy) is 2. The number of fused-ring (bicyclic) bond motifs is 1. The molecule has 1 aromatic carbocycles. The topological polar surface area (TPSA) is 113 Å². The van der Waals surface area contributed by atoms with Crippen LogP contribution in [-0.4, -0.2) is 35.1 Å². The second-order valence-corrected chi connectivity index (χ2v) is 7.59. The average Bonchev–Trinajstić information content (AvgIpc) is 3.29. The molecule has 0 saturated carbocycles. The zero-order chi connectivity index (χ0) is 24.1. The summed E-state index contributed by atoms with van der Waals surface area (Å²) in [6.07, 6.45) is 8.51. The van der Waals surface area contributed by atoms with Crippen molar-refractivity contribution < 1.29 is 14.3 Å². The van der Waals surface area contributed by atoms with Gasteiger partial charge in [-0.2, -0.15) is 5.26 Å². The van der Waals surface area contributed by atoms with E-state index < -0.39 is 5.91 Å². The van der Waals surface area contributed by atoms with Gasteiger partial charge < -0.3 is 19.8 Å². The summed E-state index contributed by atoms with van der Waals surface area (Å²) in [6.45, 7) is 1.84. The number of nitriles is 1. The second kappa shape index (κ2) is 9.88. The highest BCUT2D eigenvalue weighted by atomic mass is 16.5. The number of amides is 1. The molecule has 0 fully saturated rings. The smallest absolute Gasteiger partial charge is 0.262 e. The van der Waals surface area contributed by atoms with Gasteiger partial charge in [-0.15, -0.1) is 0 Å². The molecule has 0 aliphatic heterocycles. The standard InChI is InChI=1S/C26H23N5O3/c1-16(17-6-7-23(33-2)24(11-17)34-3)31-26(32)19(12-27)9-21-15-30-25-22(21)10-20(14-29-25)18-5-4-8-28-13-18/h4-11,13-16H,1-3H3,(H,29,30)(H,31,32)/b19-9+/t16-/m1/s1. The molecule has 34 heavy (non-hydrogen) atoms. The van der Waals surface area contributed by atoms with Crippen molar-refractivity contribution in [3.05, 3.63) is 77.9 Å². The minimum atomic E-state index is -0.476. The number of hydrogen-bond acceptors (Lipinski definition) is 6.